The molecule has 1 aromatic rings. The van der Waals surface area contributed by atoms with Crippen molar-refractivity contribution < 1.29 is 18.7 Å². The van der Waals surface area contributed by atoms with Crippen molar-refractivity contribution in [2.24, 2.45) is 0 Å². The molecule has 7 heteroatoms. The van der Waals surface area contributed by atoms with E-state index in [0.29, 0.717) is 32.8 Å². The van der Waals surface area contributed by atoms with Crippen molar-refractivity contribution in [1.29, 1.82) is 0 Å². The van der Waals surface area contributed by atoms with E-state index in [9.17, 15) is 14.0 Å². The number of carbonyl (C=O) groups is 2. The SMILES string of the molecule is O=C(c1ccc(Cl)cc1F)N1CCN(C(=O)C2CCCO2)CC1. The van der Waals surface area contributed by atoms with Crippen LogP contribution in [0.1, 0.15) is 23.2 Å². The van der Waals surface area contributed by atoms with Gasteiger partial charge in [0.25, 0.3) is 11.8 Å². The highest BCUT2D eigenvalue weighted by Gasteiger charge is 2.31. The molecule has 0 N–H and O–H groups in total. The number of rotatable bonds is 2. The summed E-state index contributed by atoms with van der Waals surface area (Å²) in [5.41, 5.74) is 0.00769. The number of piperazine rings is 1. The standard InChI is InChI=1S/C16H18ClFN2O3/c17-11-3-4-12(13(18)10-11)15(21)19-5-7-20(8-6-19)16(22)14-2-1-9-23-14/h3-4,10,14H,1-2,5-9H2. The zero-order valence-electron chi connectivity index (χ0n) is 12.6. The first-order valence-corrected chi connectivity index (χ1v) is 8.09. The monoisotopic (exact) mass is 340 g/mol. The zero-order chi connectivity index (χ0) is 16.4. The molecule has 0 bridgehead atoms. The van der Waals surface area contributed by atoms with E-state index in [1.165, 1.54) is 12.1 Å². The molecule has 0 aliphatic carbocycles. The van der Waals surface area contributed by atoms with E-state index in [4.69, 9.17) is 16.3 Å². The third-order valence-electron chi connectivity index (χ3n) is 4.25. The second kappa shape index (κ2) is 6.84. The molecule has 2 fully saturated rings. The smallest absolute Gasteiger partial charge is 0.256 e. The average molecular weight is 341 g/mol. The lowest BCUT2D eigenvalue weighted by Crippen LogP contribution is -2.52. The summed E-state index contributed by atoms with van der Waals surface area (Å²) in [6.45, 7) is 2.29. The number of carbonyl (C=O) groups excluding carboxylic acids is 2. The van der Waals surface area contributed by atoms with Crippen molar-refractivity contribution in [3.8, 4) is 0 Å². The van der Waals surface area contributed by atoms with Crippen LogP contribution >= 0.6 is 11.6 Å². The van der Waals surface area contributed by atoms with Gasteiger partial charge < -0.3 is 14.5 Å². The summed E-state index contributed by atoms with van der Waals surface area (Å²) >= 11 is 5.70. The Bertz CT molecular complexity index is 611. The summed E-state index contributed by atoms with van der Waals surface area (Å²) in [5, 5.41) is 0.256. The second-order valence-corrected chi connectivity index (χ2v) is 6.18. The summed E-state index contributed by atoms with van der Waals surface area (Å²) in [6.07, 6.45) is 1.32. The molecule has 1 aromatic carbocycles. The van der Waals surface area contributed by atoms with Crippen molar-refractivity contribution in [2.45, 2.75) is 18.9 Å². The number of nitrogens with zero attached hydrogens (tertiary/aromatic N) is 2. The van der Waals surface area contributed by atoms with Gasteiger partial charge in [-0.05, 0) is 31.0 Å². The molecule has 0 radical (unpaired) electrons. The highest BCUT2D eigenvalue weighted by Crippen LogP contribution is 2.19. The first-order valence-electron chi connectivity index (χ1n) is 7.71. The molecular weight excluding hydrogens is 323 g/mol. The van der Waals surface area contributed by atoms with Crippen LogP contribution in [0.5, 0.6) is 0 Å². The van der Waals surface area contributed by atoms with Gasteiger partial charge >= 0.3 is 0 Å². The quantitative estimate of drug-likeness (QED) is 0.826. The normalized spacial score (nSPS) is 21.6. The van der Waals surface area contributed by atoms with Crippen molar-refractivity contribution in [3.05, 3.63) is 34.6 Å². The minimum absolute atomic E-state index is 0.00716. The first kappa shape index (κ1) is 16.2. The van der Waals surface area contributed by atoms with E-state index in [2.05, 4.69) is 0 Å². The molecule has 0 aromatic heterocycles. The minimum atomic E-state index is -0.625. The Labute approximate surface area is 138 Å². The first-order chi connectivity index (χ1) is 11.1. The van der Waals surface area contributed by atoms with Gasteiger partial charge in [-0.2, -0.15) is 0 Å². The highest BCUT2D eigenvalue weighted by atomic mass is 35.5. The summed E-state index contributed by atoms with van der Waals surface area (Å²) in [4.78, 5) is 27.9. The fourth-order valence-corrected chi connectivity index (χ4v) is 3.10. The summed E-state index contributed by atoms with van der Waals surface area (Å²) < 4.78 is 19.3. The van der Waals surface area contributed by atoms with Gasteiger partial charge in [-0.1, -0.05) is 11.6 Å². The zero-order valence-corrected chi connectivity index (χ0v) is 13.4. The Kier molecular flexibility index (Phi) is 4.82. The van der Waals surface area contributed by atoms with Crippen LogP contribution in [0, 0.1) is 5.82 Å². The van der Waals surface area contributed by atoms with Crippen LogP contribution in [0.2, 0.25) is 5.02 Å². The third kappa shape index (κ3) is 3.48. The highest BCUT2D eigenvalue weighted by molar-refractivity contribution is 6.30. The molecule has 2 aliphatic heterocycles. The molecule has 1 unspecified atom stereocenters. The molecule has 0 saturated carbocycles. The van der Waals surface area contributed by atoms with Crippen molar-refractivity contribution >= 4 is 23.4 Å². The Morgan fingerprint density at radius 3 is 2.48 bits per heavy atom. The van der Waals surface area contributed by atoms with Gasteiger partial charge in [0.2, 0.25) is 0 Å². The van der Waals surface area contributed by atoms with Gasteiger partial charge in [0.1, 0.15) is 11.9 Å². The van der Waals surface area contributed by atoms with Gasteiger partial charge in [0.15, 0.2) is 0 Å². The number of hydrogen-bond donors (Lipinski definition) is 0. The van der Waals surface area contributed by atoms with E-state index in [1.54, 1.807) is 9.80 Å². The van der Waals surface area contributed by atoms with Crippen LogP contribution in [0.25, 0.3) is 0 Å². The topological polar surface area (TPSA) is 49.9 Å². The molecule has 3 rings (SSSR count). The Balaban J connectivity index is 1.60. The third-order valence-corrected chi connectivity index (χ3v) is 4.48. The molecular formula is C16H18ClFN2O3. The van der Waals surface area contributed by atoms with E-state index in [-0.39, 0.29) is 28.5 Å². The summed E-state index contributed by atoms with van der Waals surface area (Å²) in [6, 6.07) is 4.02. The predicted molar refractivity (Wildman–Crippen MR) is 82.9 cm³/mol. The minimum Gasteiger partial charge on any atom is -0.368 e. The fraction of sp³-hybridized carbons (Fsp3) is 0.500. The van der Waals surface area contributed by atoms with E-state index in [1.807, 2.05) is 0 Å². The predicted octanol–water partition coefficient (Wildman–Crippen LogP) is 1.94. The lowest BCUT2D eigenvalue weighted by Gasteiger charge is -2.35. The molecule has 1 atom stereocenters. The van der Waals surface area contributed by atoms with Gasteiger partial charge in [0.05, 0.1) is 5.56 Å². The largest absolute Gasteiger partial charge is 0.368 e. The Morgan fingerprint density at radius 2 is 1.87 bits per heavy atom. The Morgan fingerprint density at radius 1 is 1.17 bits per heavy atom. The van der Waals surface area contributed by atoms with E-state index < -0.39 is 5.82 Å². The molecule has 2 heterocycles. The summed E-state index contributed by atoms with van der Waals surface area (Å²) in [5.74, 6) is -1.00. The maximum atomic E-state index is 13.9. The van der Waals surface area contributed by atoms with Crippen LogP contribution in [0.15, 0.2) is 18.2 Å². The fourth-order valence-electron chi connectivity index (χ4n) is 2.94. The average Bonchev–Trinajstić information content (AvgIpc) is 3.08. The molecule has 124 valence electrons. The van der Waals surface area contributed by atoms with Crippen molar-refractivity contribution in [3.63, 3.8) is 0 Å². The number of halogens is 2. The molecule has 2 aliphatic rings. The van der Waals surface area contributed by atoms with Crippen LogP contribution < -0.4 is 0 Å². The van der Waals surface area contributed by atoms with Gasteiger partial charge in [-0.25, -0.2) is 4.39 Å². The van der Waals surface area contributed by atoms with E-state index in [0.717, 1.165) is 18.9 Å². The van der Waals surface area contributed by atoms with Crippen LogP contribution in [0.3, 0.4) is 0 Å². The van der Waals surface area contributed by atoms with Crippen LogP contribution in [-0.2, 0) is 9.53 Å². The van der Waals surface area contributed by atoms with Crippen molar-refractivity contribution in [1.82, 2.24) is 9.80 Å². The van der Waals surface area contributed by atoms with Crippen LogP contribution in [-0.4, -0.2) is 60.5 Å². The lowest BCUT2D eigenvalue weighted by molar-refractivity contribution is -0.142. The van der Waals surface area contributed by atoms with Gasteiger partial charge in [0, 0.05) is 37.8 Å². The molecule has 2 amide bonds. The Hall–Kier alpha value is -1.66. The lowest BCUT2D eigenvalue weighted by atomic mass is 10.1. The number of ether oxygens (including phenoxy) is 1. The number of amides is 2. The van der Waals surface area contributed by atoms with Crippen LogP contribution in [0.4, 0.5) is 4.39 Å². The van der Waals surface area contributed by atoms with E-state index >= 15 is 0 Å². The van der Waals surface area contributed by atoms with Gasteiger partial charge in [-0.15, -0.1) is 0 Å². The number of benzene rings is 1. The number of hydrogen-bond acceptors (Lipinski definition) is 3. The summed E-state index contributed by atoms with van der Waals surface area (Å²) in [7, 11) is 0. The molecule has 23 heavy (non-hydrogen) atoms. The van der Waals surface area contributed by atoms with Gasteiger partial charge in [-0.3, -0.25) is 9.59 Å². The molecule has 2 saturated heterocycles. The van der Waals surface area contributed by atoms with Crippen molar-refractivity contribution in [2.75, 3.05) is 32.8 Å². The maximum absolute atomic E-state index is 13.9. The second-order valence-electron chi connectivity index (χ2n) is 5.74. The maximum Gasteiger partial charge on any atom is 0.256 e. The molecule has 0 spiro atoms. The molecule has 5 nitrogen and oxygen atoms in total.